The molecule has 0 aliphatic rings. The molecule has 4 nitrogen and oxygen atoms in total. The molecule has 226 valence electrons. The number of benzene rings is 4. The summed E-state index contributed by atoms with van der Waals surface area (Å²) in [6, 6.07) is 39.2. The van der Waals surface area contributed by atoms with Gasteiger partial charge in [0, 0.05) is 0 Å². The first kappa shape index (κ1) is 29.9. The number of hydrogen-bond acceptors (Lipinski definition) is 0. The molecule has 0 N–H and O–H groups in total. The average Bonchev–Trinajstić information content (AvgIpc) is 3.60. The van der Waals surface area contributed by atoms with E-state index >= 15 is 0 Å². The highest BCUT2D eigenvalue weighted by molar-refractivity contribution is 5.72. The van der Waals surface area contributed by atoms with Crippen molar-refractivity contribution in [2.45, 2.75) is 90.4 Å². The predicted octanol–water partition coefficient (Wildman–Crippen LogP) is 8.87. The highest BCUT2D eigenvalue weighted by atomic mass is 15.1. The third-order valence-corrected chi connectivity index (χ3v) is 9.00. The van der Waals surface area contributed by atoms with Crippen LogP contribution < -0.4 is 9.13 Å². The molecule has 6 aromatic rings. The van der Waals surface area contributed by atoms with Gasteiger partial charge in [-0.25, -0.2) is 18.3 Å². The lowest BCUT2D eigenvalue weighted by atomic mass is 10.1. The molecule has 0 fully saturated rings. The summed E-state index contributed by atoms with van der Waals surface area (Å²) in [5, 5.41) is 0. The minimum absolute atomic E-state index is 0.923. The summed E-state index contributed by atoms with van der Waals surface area (Å²) in [4.78, 5) is 0. The van der Waals surface area contributed by atoms with Crippen LogP contribution in [0.2, 0.25) is 0 Å². The molecule has 0 bridgehead atoms. The zero-order valence-corrected chi connectivity index (χ0v) is 26.2. The number of aromatic nitrogens is 4. The maximum atomic E-state index is 2.46. The van der Waals surface area contributed by atoms with E-state index in [1.165, 1.54) is 97.4 Å². The lowest BCUT2D eigenvalue weighted by Gasteiger charge is -2.03. The van der Waals surface area contributed by atoms with Crippen molar-refractivity contribution in [2.24, 2.45) is 0 Å². The Labute approximate surface area is 263 Å². The molecule has 2 aromatic heterocycles. The van der Waals surface area contributed by atoms with Crippen molar-refractivity contribution >= 4 is 22.1 Å². The lowest BCUT2D eigenvalue weighted by molar-refractivity contribution is -0.663. The second-order valence-corrected chi connectivity index (χ2v) is 12.4. The van der Waals surface area contributed by atoms with E-state index in [1.54, 1.807) is 0 Å². The van der Waals surface area contributed by atoms with E-state index in [4.69, 9.17) is 0 Å². The summed E-state index contributed by atoms with van der Waals surface area (Å²) in [6.07, 6.45) is 18.0. The van der Waals surface area contributed by atoms with Gasteiger partial charge < -0.3 is 0 Å². The van der Waals surface area contributed by atoms with Gasteiger partial charge in [0.25, 0.3) is 0 Å². The van der Waals surface area contributed by atoms with Gasteiger partial charge >= 0.3 is 0 Å². The standard InChI is InChI=1S/C40H48N4/c1(3-5-7-19-29-41-33-43(31-35-21-11-9-12-22-35)39-27-17-15-25-37(39)41)2-4-6-8-20-30-42-34-44(32-36-23-13-10-14-24-36)40-28-18-16-26-38(40)42/h9-18,21-28,33-34H,1-8,19-20,29-32H2/q+2. The average molecular weight is 585 g/mol. The number of rotatable bonds is 17. The minimum atomic E-state index is 0.923. The van der Waals surface area contributed by atoms with Crippen LogP contribution >= 0.6 is 0 Å². The van der Waals surface area contributed by atoms with Crippen molar-refractivity contribution in [2.75, 3.05) is 0 Å². The van der Waals surface area contributed by atoms with Crippen LogP contribution in [0, 0.1) is 0 Å². The summed E-state index contributed by atoms with van der Waals surface area (Å²) in [5.41, 5.74) is 8.04. The molecule has 4 aromatic carbocycles. The SMILES string of the molecule is c1ccc(C[n+]2cn(CCCCCCCCCCCCn3c[n+](Cc4ccccc4)c4ccccc43)c3ccccc32)cc1. The maximum Gasteiger partial charge on any atom is 0.245 e. The number of imidazole rings is 2. The molecule has 0 radical (unpaired) electrons. The molecule has 4 heteroatoms. The first-order valence-electron chi connectivity index (χ1n) is 16.9. The summed E-state index contributed by atoms with van der Waals surface area (Å²) in [7, 11) is 0. The molecule has 44 heavy (non-hydrogen) atoms. The molecule has 0 spiro atoms. The highest BCUT2D eigenvalue weighted by Crippen LogP contribution is 2.17. The second-order valence-electron chi connectivity index (χ2n) is 12.4. The van der Waals surface area contributed by atoms with Gasteiger partial charge in [0.2, 0.25) is 12.7 Å². The number of fused-ring (bicyclic) bond motifs is 2. The predicted molar refractivity (Wildman–Crippen MR) is 182 cm³/mol. The van der Waals surface area contributed by atoms with E-state index in [0.717, 1.165) is 26.2 Å². The van der Waals surface area contributed by atoms with Gasteiger partial charge in [-0.15, -0.1) is 0 Å². The van der Waals surface area contributed by atoms with Gasteiger partial charge in [0.1, 0.15) is 13.1 Å². The minimum Gasteiger partial charge on any atom is -0.230 e. The van der Waals surface area contributed by atoms with Crippen molar-refractivity contribution in [3.8, 4) is 0 Å². The van der Waals surface area contributed by atoms with Gasteiger partial charge in [0.05, 0.1) is 13.1 Å². The number of aryl methyl sites for hydroxylation is 2. The molecular weight excluding hydrogens is 536 g/mol. The normalized spacial score (nSPS) is 11.5. The van der Waals surface area contributed by atoms with Crippen LogP contribution in [-0.4, -0.2) is 9.13 Å². The van der Waals surface area contributed by atoms with Crippen LogP contribution in [0.15, 0.2) is 122 Å². The Bertz CT molecular complexity index is 1590. The van der Waals surface area contributed by atoms with Crippen molar-refractivity contribution in [1.82, 2.24) is 9.13 Å². The maximum absolute atomic E-state index is 2.46. The summed E-state index contributed by atoms with van der Waals surface area (Å²) < 4.78 is 9.70. The van der Waals surface area contributed by atoms with Crippen LogP contribution in [0.3, 0.4) is 0 Å². The van der Waals surface area contributed by atoms with Gasteiger partial charge in [-0.2, -0.15) is 0 Å². The van der Waals surface area contributed by atoms with Crippen LogP contribution in [0.4, 0.5) is 0 Å². The third kappa shape index (κ3) is 7.85. The number of nitrogens with zero attached hydrogens (tertiary/aromatic N) is 4. The Morgan fingerprint density at radius 3 is 1.11 bits per heavy atom. The Hall–Kier alpha value is -4.18. The van der Waals surface area contributed by atoms with E-state index in [2.05, 4.69) is 140 Å². The van der Waals surface area contributed by atoms with E-state index < -0.39 is 0 Å². The number of unbranched alkanes of at least 4 members (excludes halogenated alkanes) is 9. The second kappa shape index (κ2) is 15.5. The largest absolute Gasteiger partial charge is 0.245 e. The van der Waals surface area contributed by atoms with Crippen molar-refractivity contribution in [3.63, 3.8) is 0 Å². The molecule has 0 saturated carbocycles. The molecule has 0 saturated heterocycles. The van der Waals surface area contributed by atoms with Crippen molar-refractivity contribution < 1.29 is 9.13 Å². The quantitative estimate of drug-likeness (QED) is 0.0753. The first-order valence-corrected chi connectivity index (χ1v) is 16.9. The zero-order valence-electron chi connectivity index (χ0n) is 26.2. The fourth-order valence-corrected chi connectivity index (χ4v) is 6.63. The van der Waals surface area contributed by atoms with Crippen LogP contribution in [-0.2, 0) is 26.2 Å². The molecule has 2 heterocycles. The topological polar surface area (TPSA) is 17.6 Å². The van der Waals surface area contributed by atoms with Crippen molar-refractivity contribution in [3.05, 3.63) is 133 Å². The summed E-state index contributed by atoms with van der Waals surface area (Å²) >= 11 is 0. The van der Waals surface area contributed by atoms with E-state index in [1.807, 2.05) is 0 Å². The van der Waals surface area contributed by atoms with Gasteiger partial charge in [-0.1, -0.05) is 123 Å². The van der Waals surface area contributed by atoms with Crippen LogP contribution in [0.25, 0.3) is 22.1 Å². The molecule has 0 amide bonds. The molecule has 0 aliphatic carbocycles. The lowest BCUT2D eigenvalue weighted by Crippen LogP contribution is -2.32. The fraction of sp³-hybridized carbons (Fsp3) is 0.350. The Kier molecular flexibility index (Phi) is 10.5. The fourth-order valence-electron chi connectivity index (χ4n) is 6.63. The Morgan fingerprint density at radius 2 is 0.705 bits per heavy atom. The first-order chi connectivity index (χ1) is 21.8. The van der Waals surface area contributed by atoms with Gasteiger partial charge in [-0.3, -0.25) is 0 Å². The van der Waals surface area contributed by atoms with Gasteiger partial charge in [0.15, 0.2) is 22.1 Å². The molecule has 6 rings (SSSR count). The zero-order chi connectivity index (χ0) is 29.8. The number of para-hydroxylation sites is 4. The smallest absolute Gasteiger partial charge is 0.230 e. The monoisotopic (exact) mass is 584 g/mol. The van der Waals surface area contributed by atoms with Crippen LogP contribution in [0.5, 0.6) is 0 Å². The Morgan fingerprint density at radius 1 is 0.364 bits per heavy atom. The van der Waals surface area contributed by atoms with Crippen LogP contribution in [0.1, 0.15) is 75.3 Å². The van der Waals surface area contributed by atoms with Crippen molar-refractivity contribution in [1.29, 1.82) is 0 Å². The van der Waals surface area contributed by atoms with E-state index in [-0.39, 0.29) is 0 Å². The molecule has 0 aliphatic heterocycles. The highest BCUT2D eigenvalue weighted by Gasteiger charge is 2.16. The summed E-state index contributed by atoms with van der Waals surface area (Å²) in [6.45, 7) is 4.05. The van der Waals surface area contributed by atoms with E-state index in [0.29, 0.717) is 0 Å². The Balaban J connectivity index is 0.854. The summed E-state index contributed by atoms with van der Waals surface area (Å²) in [5.74, 6) is 0. The van der Waals surface area contributed by atoms with Gasteiger partial charge in [-0.05, 0) is 61.1 Å². The molecule has 0 atom stereocenters. The van der Waals surface area contributed by atoms with E-state index in [9.17, 15) is 0 Å². The molecular formula is C40H48N4+2. The number of hydrogen-bond donors (Lipinski definition) is 0. The third-order valence-electron chi connectivity index (χ3n) is 9.00. The molecule has 0 unspecified atom stereocenters.